The number of ether oxygens (including phenoxy) is 2. The Hall–Kier alpha value is -1.30. The van der Waals surface area contributed by atoms with E-state index in [1.54, 1.807) is 7.11 Å². The van der Waals surface area contributed by atoms with Crippen LogP contribution in [0.15, 0.2) is 24.3 Å². The van der Waals surface area contributed by atoms with Crippen LogP contribution in [-0.4, -0.2) is 31.8 Å². The zero-order valence-corrected chi connectivity index (χ0v) is 13.6. The highest BCUT2D eigenvalue weighted by atomic mass is 35.5. The largest absolute Gasteiger partial charge is 0.491 e. The van der Waals surface area contributed by atoms with Crippen molar-refractivity contribution in [2.45, 2.75) is 38.9 Å². The van der Waals surface area contributed by atoms with Crippen LogP contribution in [0.2, 0.25) is 0 Å². The fourth-order valence-electron chi connectivity index (χ4n) is 1.61. The summed E-state index contributed by atoms with van der Waals surface area (Å²) in [5, 5.41) is 2.81. The predicted octanol–water partition coefficient (Wildman–Crippen LogP) is 2.59. The number of benzene rings is 1. The fourth-order valence-corrected chi connectivity index (χ4v) is 1.61. The Balaban J connectivity index is 0.00000400. The van der Waals surface area contributed by atoms with Crippen LogP contribution in [-0.2, 0) is 9.53 Å². The Morgan fingerprint density at radius 2 is 1.95 bits per heavy atom. The third-order valence-electron chi connectivity index (χ3n) is 3.06. The van der Waals surface area contributed by atoms with Crippen LogP contribution in [0.5, 0.6) is 5.75 Å². The molecule has 6 heteroatoms. The predicted molar refractivity (Wildman–Crippen MR) is 87.2 cm³/mol. The minimum Gasteiger partial charge on any atom is -0.491 e. The first-order valence-electron chi connectivity index (χ1n) is 6.88. The van der Waals surface area contributed by atoms with Crippen LogP contribution in [0.25, 0.3) is 0 Å². The highest BCUT2D eigenvalue weighted by Gasteiger charge is 2.11. The summed E-state index contributed by atoms with van der Waals surface area (Å²) in [6.07, 6.45) is 1.14. The Labute approximate surface area is 132 Å². The summed E-state index contributed by atoms with van der Waals surface area (Å²) >= 11 is 0. The Morgan fingerprint density at radius 1 is 1.33 bits per heavy atom. The molecule has 0 aliphatic carbocycles. The highest BCUT2D eigenvalue weighted by molar-refractivity contribution is 5.91. The van der Waals surface area contributed by atoms with E-state index in [9.17, 15) is 4.79 Å². The standard InChI is InChI=1S/C15H24N2O3.ClH/c1-4-11(2)20-13-7-5-12(6-8-13)17-15(18)9-14(10-16)19-3;/h5-8,11,14H,4,9-10,16H2,1-3H3,(H,17,18);1H. The number of anilines is 1. The van der Waals surface area contributed by atoms with Crippen molar-refractivity contribution in [1.82, 2.24) is 0 Å². The molecular formula is C15H25ClN2O3. The summed E-state index contributed by atoms with van der Waals surface area (Å²) in [4.78, 5) is 11.8. The van der Waals surface area contributed by atoms with Gasteiger partial charge in [-0.15, -0.1) is 12.4 Å². The third kappa shape index (κ3) is 7.32. The number of halogens is 1. The summed E-state index contributed by atoms with van der Waals surface area (Å²) in [6.45, 7) is 4.42. The fraction of sp³-hybridized carbons (Fsp3) is 0.533. The van der Waals surface area contributed by atoms with E-state index in [2.05, 4.69) is 12.2 Å². The maximum Gasteiger partial charge on any atom is 0.227 e. The number of hydrogen-bond donors (Lipinski definition) is 2. The lowest BCUT2D eigenvalue weighted by Gasteiger charge is -2.14. The molecule has 0 aliphatic heterocycles. The Bertz CT molecular complexity index is 408. The first-order valence-corrected chi connectivity index (χ1v) is 6.88. The summed E-state index contributed by atoms with van der Waals surface area (Å²) in [5.41, 5.74) is 6.22. The second kappa shape index (κ2) is 10.4. The lowest BCUT2D eigenvalue weighted by Crippen LogP contribution is -2.28. The van der Waals surface area contributed by atoms with Crippen molar-refractivity contribution in [3.8, 4) is 5.75 Å². The summed E-state index contributed by atoms with van der Waals surface area (Å²) in [7, 11) is 1.55. The molecule has 0 aliphatic rings. The quantitative estimate of drug-likeness (QED) is 0.773. The van der Waals surface area contributed by atoms with Crippen molar-refractivity contribution in [3.05, 3.63) is 24.3 Å². The lowest BCUT2D eigenvalue weighted by molar-refractivity contribution is -0.118. The van der Waals surface area contributed by atoms with Crippen LogP contribution >= 0.6 is 12.4 Å². The molecule has 1 rings (SSSR count). The molecule has 0 radical (unpaired) electrons. The minimum atomic E-state index is -0.247. The molecule has 0 saturated heterocycles. The molecule has 0 fully saturated rings. The van der Waals surface area contributed by atoms with Gasteiger partial charge in [-0.3, -0.25) is 4.79 Å². The molecule has 0 bridgehead atoms. The number of hydrogen-bond acceptors (Lipinski definition) is 4. The van der Waals surface area contributed by atoms with Crippen LogP contribution in [0.4, 0.5) is 5.69 Å². The van der Waals surface area contributed by atoms with Gasteiger partial charge in [-0.25, -0.2) is 0 Å². The molecule has 5 nitrogen and oxygen atoms in total. The highest BCUT2D eigenvalue weighted by Crippen LogP contribution is 2.18. The van der Waals surface area contributed by atoms with E-state index in [4.69, 9.17) is 15.2 Å². The van der Waals surface area contributed by atoms with Crippen molar-refractivity contribution >= 4 is 24.0 Å². The molecule has 0 saturated carbocycles. The van der Waals surface area contributed by atoms with E-state index in [-0.39, 0.29) is 36.9 Å². The molecule has 2 unspecified atom stereocenters. The first-order chi connectivity index (χ1) is 9.58. The molecule has 3 N–H and O–H groups in total. The van der Waals surface area contributed by atoms with Gasteiger partial charge in [-0.05, 0) is 37.6 Å². The molecule has 0 heterocycles. The number of amides is 1. The van der Waals surface area contributed by atoms with Crippen molar-refractivity contribution in [2.75, 3.05) is 19.0 Å². The first kappa shape index (κ1) is 19.7. The van der Waals surface area contributed by atoms with Gasteiger partial charge in [0.1, 0.15) is 5.75 Å². The van der Waals surface area contributed by atoms with E-state index in [1.165, 1.54) is 0 Å². The number of carbonyl (C=O) groups excluding carboxylic acids is 1. The summed E-state index contributed by atoms with van der Waals surface area (Å²) in [5.74, 6) is 0.687. The Kier molecular flexibility index (Phi) is 9.78. The van der Waals surface area contributed by atoms with Crippen LogP contribution in [0.3, 0.4) is 0 Å². The van der Waals surface area contributed by atoms with Crippen LogP contribution in [0.1, 0.15) is 26.7 Å². The molecule has 1 aromatic rings. The van der Waals surface area contributed by atoms with Crippen LogP contribution < -0.4 is 15.8 Å². The number of rotatable bonds is 8. The van der Waals surface area contributed by atoms with Gasteiger partial charge in [0.25, 0.3) is 0 Å². The van der Waals surface area contributed by atoms with Gasteiger partial charge < -0.3 is 20.5 Å². The zero-order valence-electron chi connectivity index (χ0n) is 12.8. The van der Waals surface area contributed by atoms with Gasteiger partial charge in [0, 0.05) is 19.3 Å². The van der Waals surface area contributed by atoms with Gasteiger partial charge >= 0.3 is 0 Å². The molecule has 2 atom stereocenters. The molecular weight excluding hydrogens is 292 g/mol. The van der Waals surface area contributed by atoms with E-state index >= 15 is 0 Å². The maximum absolute atomic E-state index is 11.8. The Morgan fingerprint density at radius 3 is 2.43 bits per heavy atom. The summed E-state index contributed by atoms with van der Waals surface area (Å²) < 4.78 is 10.8. The molecule has 1 amide bonds. The zero-order chi connectivity index (χ0) is 15.0. The number of carbonyl (C=O) groups is 1. The number of nitrogens with two attached hydrogens (primary N) is 1. The average molecular weight is 317 g/mol. The molecule has 21 heavy (non-hydrogen) atoms. The topological polar surface area (TPSA) is 73.6 Å². The second-order valence-corrected chi connectivity index (χ2v) is 4.71. The van der Waals surface area contributed by atoms with Gasteiger partial charge in [0.15, 0.2) is 0 Å². The number of nitrogens with one attached hydrogen (secondary N) is 1. The SMILES string of the molecule is CCC(C)Oc1ccc(NC(=O)CC(CN)OC)cc1.Cl. The smallest absolute Gasteiger partial charge is 0.227 e. The molecule has 0 aromatic heterocycles. The molecule has 0 spiro atoms. The third-order valence-corrected chi connectivity index (χ3v) is 3.06. The van der Waals surface area contributed by atoms with Crippen molar-refractivity contribution in [1.29, 1.82) is 0 Å². The van der Waals surface area contributed by atoms with Gasteiger partial charge in [0.2, 0.25) is 5.91 Å². The van der Waals surface area contributed by atoms with E-state index in [0.717, 1.165) is 17.9 Å². The van der Waals surface area contributed by atoms with E-state index in [1.807, 2.05) is 31.2 Å². The molecule has 120 valence electrons. The maximum atomic E-state index is 11.8. The van der Waals surface area contributed by atoms with Gasteiger partial charge in [0.05, 0.1) is 18.6 Å². The average Bonchev–Trinajstić information content (AvgIpc) is 2.46. The molecule has 1 aromatic carbocycles. The van der Waals surface area contributed by atoms with Gasteiger partial charge in [-0.2, -0.15) is 0 Å². The van der Waals surface area contributed by atoms with Crippen molar-refractivity contribution in [2.24, 2.45) is 5.73 Å². The monoisotopic (exact) mass is 316 g/mol. The number of methoxy groups -OCH3 is 1. The summed E-state index contributed by atoms with van der Waals surface area (Å²) in [6, 6.07) is 7.33. The van der Waals surface area contributed by atoms with Crippen molar-refractivity contribution in [3.63, 3.8) is 0 Å². The van der Waals surface area contributed by atoms with E-state index in [0.29, 0.717) is 6.54 Å². The van der Waals surface area contributed by atoms with Crippen molar-refractivity contribution < 1.29 is 14.3 Å². The second-order valence-electron chi connectivity index (χ2n) is 4.71. The lowest BCUT2D eigenvalue weighted by atomic mass is 10.2. The van der Waals surface area contributed by atoms with Crippen LogP contribution in [0, 0.1) is 0 Å². The van der Waals surface area contributed by atoms with E-state index < -0.39 is 0 Å². The normalized spacial score (nSPS) is 13.0. The minimum absolute atomic E-state index is 0. The van der Waals surface area contributed by atoms with Gasteiger partial charge in [-0.1, -0.05) is 6.92 Å².